The van der Waals surface area contributed by atoms with E-state index < -0.39 is 18.1 Å². The van der Waals surface area contributed by atoms with E-state index in [0.29, 0.717) is 11.0 Å². The van der Waals surface area contributed by atoms with Crippen molar-refractivity contribution < 1.29 is 18.0 Å². The summed E-state index contributed by atoms with van der Waals surface area (Å²) in [6.07, 6.45) is -4.46. The van der Waals surface area contributed by atoms with E-state index >= 15 is 0 Å². The summed E-state index contributed by atoms with van der Waals surface area (Å²) in [5.41, 5.74) is 1.17. The summed E-state index contributed by atoms with van der Waals surface area (Å²) < 4.78 is 36.8. The Labute approximate surface area is 106 Å². The van der Waals surface area contributed by atoms with Crippen LogP contribution in [0.25, 0.3) is 11.0 Å². The highest BCUT2D eigenvalue weighted by atomic mass is 19.4. The number of carbonyl (C=O) groups is 1. The fourth-order valence-electron chi connectivity index (χ4n) is 1.47. The lowest BCUT2D eigenvalue weighted by Gasteiger charge is -2.16. The molecule has 1 amide bonds. The fraction of sp³-hybridized carbons (Fsp3) is 0.364. The second-order valence-corrected chi connectivity index (χ2v) is 4.05. The smallest absolute Gasteiger partial charge is 0.343 e. The number of aromatic nitrogens is 3. The molecule has 0 fully saturated rings. The van der Waals surface area contributed by atoms with Crippen LogP contribution in [0.2, 0.25) is 0 Å². The first-order valence-corrected chi connectivity index (χ1v) is 5.52. The summed E-state index contributed by atoms with van der Waals surface area (Å²) in [5.74, 6) is -0.787. The van der Waals surface area contributed by atoms with Gasteiger partial charge in [-0.1, -0.05) is 12.1 Å². The third-order valence-electron chi connectivity index (χ3n) is 2.48. The lowest BCUT2D eigenvalue weighted by Crippen LogP contribution is -2.44. The van der Waals surface area contributed by atoms with Crippen molar-refractivity contribution in [2.75, 3.05) is 0 Å². The van der Waals surface area contributed by atoms with Gasteiger partial charge in [-0.15, -0.1) is 0 Å². The number of alkyl halides is 3. The molecule has 2 rings (SSSR count). The third kappa shape index (κ3) is 3.21. The van der Waals surface area contributed by atoms with Crippen molar-refractivity contribution in [3.05, 3.63) is 24.3 Å². The molecule has 0 saturated heterocycles. The van der Waals surface area contributed by atoms with Crippen LogP contribution in [-0.4, -0.2) is 33.1 Å². The molecule has 1 unspecified atom stereocenters. The van der Waals surface area contributed by atoms with Crippen molar-refractivity contribution in [2.45, 2.75) is 25.7 Å². The lowest BCUT2D eigenvalue weighted by molar-refractivity contribution is -0.158. The van der Waals surface area contributed by atoms with E-state index in [1.54, 1.807) is 24.3 Å². The van der Waals surface area contributed by atoms with Gasteiger partial charge in [-0.3, -0.25) is 4.79 Å². The SMILES string of the molecule is CC(NC(=O)Cn1nc2ccccc2n1)C(F)(F)F. The number of carbonyl (C=O) groups excluding carboxylic acids is 1. The molecule has 0 radical (unpaired) electrons. The summed E-state index contributed by atoms with van der Waals surface area (Å²) in [6.45, 7) is 0.528. The molecule has 19 heavy (non-hydrogen) atoms. The first kappa shape index (κ1) is 13.3. The molecule has 5 nitrogen and oxygen atoms in total. The highest BCUT2D eigenvalue weighted by Gasteiger charge is 2.36. The van der Waals surface area contributed by atoms with Crippen LogP contribution in [0.15, 0.2) is 24.3 Å². The van der Waals surface area contributed by atoms with Crippen LogP contribution < -0.4 is 5.32 Å². The van der Waals surface area contributed by atoms with Crippen molar-refractivity contribution in [2.24, 2.45) is 0 Å². The average molecular weight is 272 g/mol. The van der Waals surface area contributed by atoms with Gasteiger partial charge < -0.3 is 5.32 Å². The van der Waals surface area contributed by atoms with Crippen LogP contribution in [0.1, 0.15) is 6.92 Å². The number of halogens is 3. The van der Waals surface area contributed by atoms with Crippen molar-refractivity contribution in [1.82, 2.24) is 20.3 Å². The van der Waals surface area contributed by atoms with Gasteiger partial charge in [0.25, 0.3) is 0 Å². The van der Waals surface area contributed by atoms with Crippen LogP contribution in [0, 0.1) is 0 Å². The Morgan fingerprint density at radius 3 is 2.32 bits per heavy atom. The van der Waals surface area contributed by atoms with Crippen LogP contribution >= 0.6 is 0 Å². The zero-order valence-corrected chi connectivity index (χ0v) is 9.98. The summed E-state index contributed by atoms with van der Waals surface area (Å²) in [7, 11) is 0. The third-order valence-corrected chi connectivity index (χ3v) is 2.48. The minimum absolute atomic E-state index is 0.352. The first-order valence-electron chi connectivity index (χ1n) is 5.52. The maximum absolute atomic E-state index is 12.3. The number of hydrogen-bond acceptors (Lipinski definition) is 3. The number of hydrogen-bond donors (Lipinski definition) is 1. The second kappa shape index (κ2) is 4.87. The number of rotatable bonds is 3. The normalized spacial score (nSPS) is 13.5. The Balaban J connectivity index is 2.03. The highest BCUT2D eigenvalue weighted by Crippen LogP contribution is 2.19. The number of fused-ring (bicyclic) bond motifs is 1. The topological polar surface area (TPSA) is 59.8 Å². The Morgan fingerprint density at radius 1 is 1.32 bits per heavy atom. The van der Waals surface area contributed by atoms with Gasteiger partial charge in [-0.05, 0) is 19.1 Å². The highest BCUT2D eigenvalue weighted by molar-refractivity contribution is 5.77. The number of amides is 1. The van der Waals surface area contributed by atoms with Crippen LogP contribution in [0.3, 0.4) is 0 Å². The van der Waals surface area contributed by atoms with E-state index in [0.717, 1.165) is 11.7 Å². The first-order chi connectivity index (χ1) is 8.86. The standard InChI is InChI=1S/C11H11F3N4O/c1-7(11(12,13)14)15-10(19)6-18-16-8-4-2-3-5-9(8)17-18/h2-5,7H,6H2,1H3,(H,15,19). The van der Waals surface area contributed by atoms with Gasteiger partial charge in [0.1, 0.15) is 23.6 Å². The van der Waals surface area contributed by atoms with E-state index in [2.05, 4.69) is 10.2 Å². The van der Waals surface area contributed by atoms with Gasteiger partial charge in [0, 0.05) is 0 Å². The van der Waals surface area contributed by atoms with Crippen LogP contribution in [-0.2, 0) is 11.3 Å². The molecule has 0 bridgehead atoms. The largest absolute Gasteiger partial charge is 0.408 e. The van der Waals surface area contributed by atoms with Crippen molar-refractivity contribution in [3.63, 3.8) is 0 Å². The summed E-state index contributed by atoms with van der Waals surface area (Å²) in [4.78, 5) is 12.5. The molecule has 2 aromatic rings. The molecule has 1 N–H and O–H groups in total. The molecule has 0 aliphatic heterocycles. The molecule has 1 atom stereocenters. The molecule has 0 saturated carbocycles. The van der Waals surface area contributed by atoms with Crippen molar-refractivity contribution in [3.8, 4) is 0 Å². The second-order valence-electron chi connectivity index (χ2n) is 4.05. The van der Waals surface area contributed by atoms with Gasteiger partial charge in [0.2, 0.25) is 5.91 Å². The summed E-state index contributed by atoms with van der Waals surface area (Å²) in [6, 6.07) is 5.02. The quantitative estimate of drug-likeness (QED) is 0.921. The van der Waals surface area contributed by atoms with Gasteiger partial charge in [0.05, 0.1) is 0 Å². The molecular weight excluding hydrogens is 261 g/mol. The molecule has 8 heteroatoms. The Hall–Kier alpha value is -2.12. The molecular formula is C11H11F3N4O. The van der Waals surface area contributed by atoms with E-state index in [-0.39, 0.29) is 6.54 Å². The zero-order valence-electron chi connectivity index (χ0n) is 9.98. The average Bonchev–Trinajstić information content (AvgIpc) is 2.69. The van der Waals surface area contributed by atoms with Crippen LogP contribution in [0.5, 0.6) is 0 Å². The van der Waals surface area contributed by atoms with E-state index in [1.165, 1.54) is 0 Å². The Morgan fingerprint density at radius 2 is 1.84 bits per heavy atom. The predicted octanol–water partition coefficient (Wildman–Crippen LogP) is 1.50. The molecule has 1 heterocycles. The molecule has 102 valence electrons. The van der Waals surface area contributed by atoms with E-state index in [1.807, 2.05) is 5.32 Å². The Bertz CT molecular complexity index is 560. The van der Waals surface area contributed by atoms with Gasteiger partial charge in [0.15, 0.2) is 0 Å². The predicted molar refractivity (Wildman–Crippen MR) is 61.2 cm³/mol. The lowest BCUT2D eigenvalue weighted by atomic mass is 10.3. The molecule has 1 aromatic carbocycles. The molecule has 0 spiro atoms. The van der Waals surface area contributed by atoms with Gasteiger partial charge in [-0.25, -0.2) is 0 Å². The fourth-order valence-corrected chi connectivity index (χ4v) is 1.47. The van der Waals surface area contributed by atoms with E-state index in [4.69, 9.17) is 0 Å². The maximum atomic E-state index is 12.3. The number of nitrogens with one attached hydrogen (secondary N) is 1. The summed E-state index contributed by atoms with van der Waals surface area (Å²) >= 11 is 0. The molecule has 1 aromatic heterocycles. The molecule has 0 aliphatic carbocycles. The van der Waals surface area contributed by atoms with Crippen molar-refractivity contribution in [1.29, 1.82) is 0 Å². The number of nitrogens with zero attached hydrogens (tertiary/aromatic N) is 3. The van der Waals surface area contributed by atoms with Gasteiger partial charge >= 0.3 is 6.18 Å². The summed E-state index contributed by atoms with van der Waals surface area (Å²) in [5, 5.41) is 9.82. The Kier molecular flexibility index (Phi) is 3.41. The molecule has 0 aliphatic rings. The van der Waals surface area contributed by atoms with Crippen LogP contribution in [0.4, 0.5) is 13.2 Å². The van der Waals surface area contributed by atoms with Crippen molar-refractivity contribution >= 4 is 16.9 Å². The number of benzene rings is 1. The van der Waals surface area contributed by atoms with Gasteiger partial charge in [-0.2, -0.15) is 28.2 Å². The minimum Gasteiger partial charge on any atom is -0.343 e. The zero-order chi connectivity index (χ0) is 14.0. The maximum Gasteiger partial charge on any atom is 0.408 e. The van der Waals surface area contributed by atoms with E-state index in [9.17, 15) is 18.0 Å². The minimum atomic E-state index is -4.46. The monoisotopic (exact) mass is 272 g/mol.